The van der Waals surface area contributed by atoms with Crippen molar-refractivity contribution in [1.29, 1.82) is 0 Å². The molecule has 2 aromatic carbocycles. The molecule has 4 aliphatic rings. The number of nitrogens with zero attached hydrogens (tertiary/aromatic N) is 2. The van der Waals surface area contributed by atoms with Gasteiger partial charge in [0.15, 0.2) is 5.03 Å². The molecule has 12 heteroatoms. The Morgan fingerprint density at radius 3 is 2.61 bits per heavy atom. The highest BCUT2D eigenvalue weighted by Gasteiger charge is 2.68. The minimum absolute atomic E-state index is 0.00463. The number of Topliss-reactive ketones (excluding diaryl/α,β-unsaturated/α-hetero) is 1. The molecule has 0 unspecified atom stereocenters. The average molecular weight is 634 g/mol. The van der Waals surface area contributed by atoms with Crippen molar-refractivity contribution in [2.45, 2.75) is 97.2 Å². The number of guanidine groups is 1. The Balaban J connectivity index is 1.30. The first-order valence-corrected chi connectivity index (χ1v) is 16.6. The number of carbonyl (C=O) groups is 2. The molecule has 1 saturated heterocycles. The number of aliphatic imine (C=N–C) groups is 1. The van der Waals surface area contributed by atoms with Crippen LogP contribution in [0.3, 0.4) is 0 Å². The first-order valence-electron chi connectivity index (χ1n) is 16.6. The van der Waals surface area contributed by atoms with Crippen LogP contribution < -0.4 is 16.5 Å². The van der Waals surface area contributed by atoms with Gasteiger partial charge >= 0.3 is 7.12 Å². The lowest BCUT2D eigenvalue weighted by Crippen LogP contribution is -2.65. The fourth-order valence-corrected chi connectivity index (χ4v) is 8.12. The highest BCUT2D eigenvalue weighted by Crippen LogP contribution is 2.65. The van der Waals surface area contributed by atoms with Gasteiger partial charge in [-0.1, -0.05) is 75.6 Å². The molecule has 1 heterocycles. The van der Waals surface area contributed by atoms with E-state index in [1.165, 1.54) is 0 Å². The molecule has 3 saturated carbocycles. The van der Waals surface area contributed by atoms with E-state index in [-0.39, 0.29) is 60.4 Å². The van der Waals surface area contributed by atoms with E-state index in [9.17, 15) is 19.7 Å². The monoisotopic (exact) mass is 633 g/mol. The summed E-state index contributed by atoms with van der Waals surface area (Å²) in [6, 6.07) is 13.9. The van der Waals surface area contributed by atoms with Crippen LogP contribution in [0.15, 0.2) is 47.5 Å². The Kier molecular flexibility index (Phi) is 10.1. The van der Waals surface area contributed by atoms with Gasteiger partial charge in [0.2, 0.25) is 5.91 Å². The number of nitrogens with two attached hydrogens (primary N) is 1. The van der Waals surface area contributed by atoms with E-state index in [1.807, 2.05) is 47.9 Å². The summed E-state index contributed by atoms with van der Waals surface area (Å²) >= 11 is 0. The number of nitro groups is 1. The van der Waals surface area contributed by atoms with Gasteiger partial charge in [-0.25, -0.2) is 15.1 Å². The predicted octanol–water partition coefficient (Wildman–Crippen LogP) is 4.63. The van der Waals surface area contributed by atoms with Crippen LogP contribution in [-0.2, 0) is 25.3 Å². The van der Waals surface area contributed by atoms with Gasteiger partial charge in [0.05, 0.1) is 17.6 Å². The molecule has 6 atom stereocenters. The Morgan fingerprint density at radius 1 is 1.15 bits per heavy atom. The molecule has 6 rings (SSSR count). The maximum Gasteiger partial charge on any atom is 0.481 e. The van der Waals surface area contributed by atoms with Gasteiger partial charge in [-0.3, -0.25) is 9.59 Å². The van der Waals surface area contributed by atoms with Crippen molar-refractivity contribution in [3.63, 3.8) is 0 Å². The van der Waals surface area contributed by atoms with Crippen molar-refractivity contribution in [2.24, 2.45) is 39.8 Å². The topological polar surface area (TPSA) is 158 Å². The van der Waals surface area contributed by atoms with Gasteiger partial charge in [0.1, 0.15) is 5.78 Å². The van der Waals surface area contributed by atoms with Crippen molar-refractivity contribution in [3.8, 4) is 0 Å². The SMILES string of the molecule is CC(C)C[C@H](NC(=O)[C@H](CCCN=C(N)N[N+](=O)[O-])CC(=O)Cc1cccc2ccccc12)B1O[C@@H]2C[C@@H]3C[C@@H](C3(C)C)[C@]2(C)O1. The summed E-state index contributed by atoms with van der Waals surface area (Å²) in [4.78, 5) is 42.2. The first kappa shape index (κ1) is 33.8. The lowest BCUT2D eigenvalue weighted by Gasteiger charge is -2.64. The third-order valence-electron chi connectivity index (χ3n) is 10.7. The number of benzene rings is 2. The first-order chi connectivity index (χ1) is 21.8. The molecule has 0 aromatic heterocycles. The largest absolute Gasteiger partial charge is 0.481 e. The highest BCUT2D eigenvalue weighted by molar-refractivity contribution is 6.47. The number of hydrazine groups is 1. The fourth-order valence-electron chi connectivity index (χ4n) is 8.12. The Bertz CT molecular complexity index is 1480. The third kappa shape index (κ3) is 7.23. The summed E-state index contributed by atoms with van der Waals surface area (Å²) in [6.07, 6.45) is 3.81. The maximum absolute atomic E-state index is 14.0. The van der Waals surface area contributed by atoms with Crippen LogP contribution in [0, 0.1) is 39.2 Å². The van der Waals surface area contributed by atoms with Gasteiger partial charge in [-0.15, -0.1) is 0 Å². The summed E-state index contributed by atoms with van der Waals surface area (Å²) < 4.78 is 13.3. The normalized spacial score (nSPS) is 26.3. The molecule has 2 bridgehead atoms. The van der Waals surface area contributed by atoms with Crippen LogP contribution in [0.4, 0.5) is 0 Å². The van der Waals surface area contributed by atoms with Crippen molar-refractivity contribution in [3.05, 3.63) is 58.1 Å². The predicted molar refractivity (Wildman–Crippen MR) is 178 cm³/mol. The van der Waals surface area contributed by atoms with Gasteiger partial charge in [0.25, 0.3) is 5.96 Å². The van der Waals surface area contributed by atoms with Crippen molar-refractivity contribution >= 4 is 35.5 Å². The maximum atomic E-state index is 14.0. The van der Waals surface area contributed by atoms with Crippen molar-refractivity contribution in [1.82, 2.24) is 10.7 Å². The van der Waals surface area contributed by atoms with Crippen LogP contribution in [0.2, 0.25) is 0 Å². The second-order valence-electron chi connectivity index (χ2n) is 14.6. The molecule has 4 fully saturated rings. The summed E-state index contributed by atoms with van der Waals surface area (Å²) in [5, 5.41) is 15.2. The van der Waals surface area contributed by atoms with E-state index in [0.717, 1.165) is 29.2 Å². The standard InChI is InChI=1S/C34H48BN5O6/c1-21(2)16-30(35-45-29-20-25-19-28(33(25,3)4)34(29,5)46-35)38-31(42)24(13-9-15-37-32(36)39-40(43)44)18-26(41)17-23-12-8-11-22-10-6-7-14-27(22)23/h6-8,10-12,14,21,24-25,28-30H,9,13,15-20H2,1-5H3,(H,38,42)(H3,36,37,39)/t24-,25+,28+,29-,30+,34+/m1/s1. The van der Waals surface area contributed by atoms with Crippen LogP contribution in [0.25, 0.3) is 10.8 Å². The quantitative estimate of drug-likeness (QED) is 0.0679. The smallest absolute Gasteiger partial charge is 0.404 e. The van der Waals surface area contributed by atoms with Gasteiger partial charge in [-0.05, 0) is 78.5 Å². The van der Waals surface area contributed by atoms with E-state index in [4.69, 9.17) is 15.0 Å². The highest BCUT2D eigenvalue weighted by atomic mass is 16.7. The third-order valence-corrected chi connectivity index (χ3v) is 10.7. The summed E-state index contributed by atoms with van der Waals surface area (Å²) in [7, 11) is -0.568. The Labute approximate surface area is 271 Å². The molecule has 2 aromatic rings. The number of hydrogen-bond acceptors (Lipinski definition) is 7. The Morgan fingerprint density at radius 2 is 1.89 bits per heavy atom. The van der Waals surface area contributed by atoms with E-state index >= 15 is 0 Å². The lowest BCUT2D eigenvalue weighted by molar-refractivity contribution is -0.525. The zero-order chi connectivity index (χ0) is 33.2. The number of nitrogens with one attached hydrogen (secondary N) is 2. The molecule has 11 nitrogen and oxygen atoms in total. The molecule has 4 N–H and O–H groups in total. The zero-order valence-corrected chi connectivity index (χ0v) is 27.7. The number of amides is 1. The lowest BCUT2D eigenvalue weighted by atomic mass is 9.43. The fraction of sp³-hybridized carbons (Fsp3) is 0.618. The number of rotatable bonds is 14. The molecular formula is C34H48BN5O6. The molecule has 3 aliphatic carbocycles. The van der Waals surface area contributed by atoms with Gasteiger partial charge in [0, 0.05) is 25.3 Å². The molecular weight excluding hydrogens is 585 g/mol. The van der Waals surface area contributed by atoms with E-state index in [1.54, 1.807) is 0 Å². The number of hydrogen-bond donors (Lipinski definition) is 3. The molecule has 0 radical (unpaired) electrons. The van der Waals surface area contributed by atoms with E-state index in [2.05, 4.69) is 44.9 Å². The van der Waals surface area contributed by atoms with Crippen LogP contribution >= 0.6 is 0 Å². The van der Waals surface area contributed by atoms with Gasteiger partial charge < -0.3 is 20.4 Å². The number of carbonyl (C=O) groups excluding carboxylic acids is 2. The number of ketones is 1. The average Bonchev–Trinajstić information content (AvgIpc) is 3.35. The Hall–Kier alpha value is -3.51. The summed E-state index contributed by atoms with van der Waals surface area (Å²) in [5.41, 5.74) is 8.13. The van der Waals surface area contributed by atoms with E-state index < -0.39 is 23.7 Å². The molecule has 46 heavy (non-hydrogen) atoms. The number of fused-ring (bicyclic) bond motifs is 1. The molecule has 0 spiro atoms. The van der Waals surface area contributed by atoms with Crippen molar-refractivity contribution in [2.75, 3.05) is 6.54 Å². The van der Waals surface area contributed by atoms with E-state index in [0.29, 0.717) is 31.1 Å². The second-order valence-corrected chi connectivity index (χ2v) is 14.6. The zero-order valence-electron chi connectivity index (χ0n) is 27.7. The minimum Gasteiger partial charge on any atom is -0.404 e. The van der Waals surface area contributed by atoms with Crippen molar-refractivity contribution < 1.29 is 23.9 Å². The summed E-state index contributed by atoms with van der Waals surface area (Å²) in [5.74, 6) is -0.269. The van der Waals surface area contributed by atoms with Crippen LogP contribution in [0.5, 0.6) is 0 Å². The minimum atomic E-state index is -0.774. The van der Waals surface area contributed by atoms with Crippen LogP contribution in [0.1, 0.15) is 78.7 Å². The van der Waals surface area contributed by atoms with Gasteiger partial charge in [-0.2, -0.15) is 0 Å². The molecule has 1 amide bonds. The summed E-state index contributed by atoms with van der Waals surface area (Å²) in [6.45, 7) is 11.2. The molecule has 1 aliphatic heterocycles. The molecule has 248 valence electrons. The second kappa shape index (κ2) is 13.7. The van der Waals surface area contributed by atoms with Crippen LogP contribution in [-0.4, -0.2) is 54.0 Å².